The van der Waals surface area contributed by atoms with E-state index in [9.17, 15) is 9.90 Å². The molecular formula is C8H13O3. The number of carbonyl (C=O) groups excluding carboxylic acids is 1. The molecular weight excluding hydrogens is 144 g/mol. The molecule has 0 unspecified atom stereocenters. The minimum Gasteiger partial charge on any atom is -0.435 e. The van der Waals surface area contributed by atoms with Crippen LogP contribution < -0.4 is 0 Å². The van der Waals surface area contributed by atoms with E-state index in [1.807, 2.05) is 0 Å². The van der Waals surface area contributed by atoms with Gasteiger partial charge in [0.2, 0.25) is 6.79 Å². The van der Waals surface area contributed by atoms with Crippen LogP contribution in [0.4, 0.5) is 0 Å². The van der Waals surface area contributed by atoms with E-state index in [0.29, 0.717) is 0 Å². The zero-order valence-corrected chi connectivity index (χ0v) is 6.54. The van der Waals surface area contributed by atoms with Crippen LogP contribution in [-0.2, 0) is 14.6 Å². The summed E-state index contributed by atoms with van der Waals surface area (Å²) in [6.45, 7) is -0.727. The molecule has 1 rings (SSSR count). The normalized spacial score (nSPS) is 19.7. The Hall–Kier alpha value is -0.570. The van der Waals surface area contributed by atoms with Crippen LogP contribution >= 0.6 is 0 Å². The SMILES string of the molecule is [O]COC(=O)C1CCCCC1. The van der Waals surface area contributed by atoms with Gasteiger partial charge in [-0.25, -0.2) is 0 Å². The zero-order valence-electron chi connectivity index (χ0n) is 6.54. The minimum atomic E-state index is -0.727. The molecule has 0 heterocycles. The molecule has 3 heteroatoms. The van der Waals surface area contributed by atoms with E-state index in [1.54, 1.807) is 0 Å². The number of hydrogen-bond donors (Lipinski definition) is 0. The Morgan fingerprint density at radius 3 is 2.45 bits per heavy atom. The maximum Gasteiger partial charge on any atom is 0.311 e. The lowest BCUT2D eigenvalue weighted by Gasteiger charge is -2.18. The molecule has 0 bridgehead atoms. The second kappa shape index (κ2) is 4.34. The zero-order chi connectivity index (χ0) is 8.10. The molecule has 0 aromatic heterocycles. The molecule has 0 aliphatic heterocycles. The Kier molecular flexibility index (Phi) is 3.36. The summed E-state index contributed by atoms with van der Waals surface area (Å²) < 4.78 is 4.39. The maximum atomic E-state index is 11.0. The molecule has 0 atom stereocenters. The van der Waals surface area contributed by atoms with Gasteiger partial charge in [0.05, 0.1) is 5.92 Å². The first-order valence-corrected chi connectivity index (χ1v) is 4.09. The van der Waals surface area contributed by atoms with Gasteiger partial charge in [0.1, 0.15) is 0 Å². The van der Waals surface area contributed by atoms with Crippen LogP contribution in [0.15, 0.2) is 0 Å². The molecule has 1 radical (unpaired) electrons. The summed E-state index contributed by atoms with van der Waals surface area (Å²) in [4.78, 5) is 11.0. The first-order chi connectivity index (χ1) is 5.34. The summed E-state index contributed by atoms with van der Waals surface area (Å²) in [7, 11) is 0. The van der Waals surface area contributed by atoms with Crippen molar-refractivity contribution in [1.82, 2.24) is 0 Å². The van der Waals surface area contributed by atoms with Crippen molar-refractivity contribution in [2.75, 3.05) is 6.79 Å². The number of rotatable bonds is 2. The van der Waals surface area contributed by atoms with Gasteiger partial charge in [-0.2, -0.15) is 5.11 Å². The van der Waals surface area contributed by atoms with Crippen LogP contribution in [0.2, 0.25) is 0 Å². The lowest BCUT2D eigenvalue weighted by molar-refractivity contribution is -0.162. The summed E-state index contributed by atoms with van der Waals surface area (Å²) in [6.07, 6.45) is 5.20. The summed E-state index contributed by atoms with van der Waals surface area (Å²) in [5.41, 5.74) is 0. The number of esters is 1. The van der Waals surface area contributed by atoms with E-state index < -0.39 is 6.79 Å². The van der Waals surface area contributed by atoms with Gasteiger partial charge in [-0.3, -0.25) is 4.79 Å². The van der Waals surface area contributed by atoms with Crippen LogP contribution in [-0.4, -0.2) is 12.8 Å². The molecule has 11 heavy (non-hydrogen) atoms. The van der Waals surface area contributed by atoms with Gasteiger partial charge in [-0.05, 0) is 12.8 Å². The molecule has 1 aliphatic rings. The van der Waals surface area contributed by atoms with Gasteiger partial charge in [0.25, 0.3) is 0 Å². The van der Waals surface area contributed by atoms with Crippen molar-refractivity contribution in [1.29, 1.82) is 0 Å². The van der Waals surface area contributed by atoms with Crippen molar-refractivity contribution in [2.24, 2.45) is 5.92 Å². The van der Waals surface area contributed by atoms with Gasteiger partial charge in [0.15, 0.2) is 0 Å². The Bertz CT molecular complexity index is 127. The number of carbonyl (C=O) groups is 1. The predicted molar refractivity (Wildman–Crippen MR) is 38.2 cm³/mol. The quantitative estimate of drug-likeness (QED) is 0.450. The Morgan fingerprint density at radius 1 is 1.27 bits per heavy atom. The lowest BCUT2D eigenvalue weighted by atomic mass is 9.89. The molecule has 0 N–H and O–H groups in total. The van der Waals surface area contributed by atoms with Gasteiger partial charge in [-0.1, -0.05) is 19.3 Å². The fourth-order valence-corrected chi connectivity index (χ4v) is 1.51. The standard InChI is InChI=1S/C8H13O3/c9-6-11-8(10)7-4-2-1-3-5-7/h7H,1-6H2. The van der Waals surface area contributed by atoms with Crippen LogP contribution in [0.3, 0.4) is 0 Å². The molecule has 0 saturated heterocycles. The Balaban J connectivity index is 2.27. The fourth-order valence-electron chi connectivity index (χ4n) is 1.51. The first-order valence-electron chi connectivity index (χ1n) is 4.09. The van der Waals surface area contributed by atoms with Gasteiger partial charge in [-0.15, -0.1) is 0 Å². The highest BCUT2D eigenvalue weighted by Gasteiger charge is 2.21. The predicted octanol–water partition coefficient (Wildman–Crippen LogP) is 1.50. The number of hydrogen-bond acceptors (Lipinski definition) is 2. The van der Waals surface area contributed by atoms with Crippen LogP contribution in [0, 0.1) is 5.92 Å². The van der Waals surface area contributed by atoms with Crippen LogP contribution in [0.25, 0.3) is 0 Å². The summed E-state index contributed by atoms with van der Waals surface area (Å²) >= 11 is 0. The van der Waals surface area contributed by atoms with Crippen molar-refractivity contribution in [2.45, 2.75) is 32.1 Å². The van der Waals surface area contributed by atoms with E-state index in [1.165, 1.54) is 6.42 Å². The largest absolute Gasteiger partial charge is 0.435 e. The van der Waals surface area contributed by atoms with Crippen molar-refractivity contribution < 1.29 is 14.6 Å². The van der Waals surface area contributed by atoms with Crippen molar-refractivity contribution in [3.63, 3.8) is 0 Å². The molecule has 0 amide bonds. The monoisotopic (exact) mass is 157 g/mol. The van der Waals surface area contributed by atoms with E-state index in [-0.39, 0.29) is 11.9 Å². The summed E-state index contributed by atoms with van der Waals surface area (Å²) in [5, 5.41) is 9.94. The fraction of sp³-hybridized carbons (Fsp3) is 0.875. The second-order valence-electron chi connectivity index (χ2n) is 2.92. The van der Waals surface area contributed by atoms with Crippen molar-refractivity contribution in [3.05, 3.63) is 0 Å². The number of ether oxygens (including phenoxy) is 1. The van der Waals surface area contributed by atoms with E-state index in [0.717, 1.165) is 25.7 Å². The van der Waals surface area contributed by atoms with Crippen molar-refractivity contribution >= 4 is 5.97 Å². The van der Waals surface area contributed by atoms with Crippen molar-refractivity contribution in [3.8, 4) is 0 Å². The van der Waals surface area contributed by atoms with Gasteiger partial charge in [0, 0.05) is 0 Å². The highest BCUT2D eigenvalue weighted by molar-refractivity contribution is 5.72. The highest BCUT2D eigenvalue weighted by atomic mass is 16.6. The maximum absolute atomic E-state index is 11.0. The molecule has 0 spiro atoms. The smallest absolute Gasteiger partial charge is 0.311 e. The molecule has 0 aromatic rings. The average molecular weight is 157 g/mol. The second-order valence-corrected chi connectivity index (χ2v) is 2.92. The summed E-state index contributed by atoms with van der Waals surface area (Å²) in [6, 6.07) is 0. The average Bonchev–Trinajstić information content (AvgIpc) is 2.07. The lowest BCUT2D eigenvalue weighted by Crippen LogP contribution is -2.20. The molecule has 0 aromatic carbocycles. The molecule has 63 valence electrons. The van der Waals surface area contributed by atoms with E-state index in [2.05, 4.69) is 4.74 Å². The highest BCUT2D eigenvalue weighted by Crippen LogP contribution is 2.24. The van der Waals surface area contributed by atoms with E-state index >= 15 is 0 Å². The third-order valence-electron chi connectivity index (χ3n) is 2.14. The molecule has 1 aliphatic carbocycles. The van der Waals surface area contributed by atoms with Gasteiger partial charge < -0.3 is 4.74 Å². The first kappa shape index (κ1) is 8.53. The molecule has 3 nitrogen and oxygen atoms in total. The Labute approximate surface area is 66.4 Å². The van der Waals surface area contributed by atoms with Gasteiger partial charge >= 0.3 is 5.97 Å². The molecule has 1 saturated carbocycles. The topological polar surface area (TPSA) is 46.2 Å². The van der Waals surface area contributed by atoms with Crippen LogP contribution in [0.5, 0.6) is 0 Å². The third-order valence-corrected chi connectivity index (χ3v) is 2.14. The summed E-state index contributed by atoms with van der Waals surface area (Å²) in [5.74, 6) is -0.280. The Morgan fingerprint density at radius 2 is 1.91 bits per heavy atom. The third kappa shape index (κ3) is 2.50. The van der Waals surface area contributed by atoms with E-state index in [4.69, 9.17) is 0 Å². The van der Waals surface area contributed by atoms with Crippen LogP contribution in [0.1, 0.15) is 32.1 Å². The minimum absolute atomic E-state index is 0.0118. The molecule has 1 fully saturated rings.